The minimum absolute atomic E-state index is 0.0696. The molecule has 17 heavy (non-hydrogen) atoms. The van der Waals surface area contributed by atoms with Gasteiger partial charge >= 0.3 is 0 Å². The van der Waals surface area contributed by atoms with Gasteiger partial charge in [0.1, 0.15) is 11.6 Å². The van der Waals surface area contributed by atoms with Crippen LogP contribution in [0.3, 0.4) is 0 Å². The lowest BCUT2D eigenvalue weighted by Gasteiger charge is -2.07. The fourth-order valence-corrected chi connectivity index (χ4v) is 1.35. The van der Waals surface area contributed by atoms with Gasteiger partial charge in [0.25, 0.3) is 0 Å². The molecule has 4 heteroatoms. The lowest BCUT2D eigenvalue weighted by molar-refractivity contribution is 0.426. The van der Waals surface area contributed by atoms with E-state index in [1.54, 1.807) is 24.3 Å². The molecule has 2 rings (SSSR count). The van der Waals surface area contributed by atoms with Crippen molar-refractivity contribution in [1.29, 1.82) is 5.26 Å². The first kappa shape index (κ1) is 11.1. The van der Waals surface area contributed by atoms with Gasteiger partial charge in [0, 0.05) is 6.20 Å². The van der Waals surface area contributed by atoms with Crippen molar-refractivity contribution in [3.8, 4) is 17.7 Å². The third-order valence-corrected chi connectivity index (χ3v) is 2.18. The zero-order chi connectivity index (χ0) is 12.3. The van der Waals surface area contributed by atoms with Crippen molar-refractivity contribution in [2.75, 3.05) is 0 Å². The number of ether oxygens (including phenoxy) is 1. The van der Waals surface area contributed by atoms with E-state index in [1.165, 1.54) is 12.3 Å². The average Bonchev–Trinajstić information content (AvgIpc) is 2.34. The molecule has 0 unspecified atom stereocenters. The minimum atomic E-state index is -0.481. The number of nitrogens with zero attached hydrogens (tertiary/aromatic N) is 2. The summed E-state index contributed by atoms with van der Waals surface area (Å²) in [5.41, 5.74) is 1.14. The number of aromatic nitrogens is 1. The van der Waals surface area contributed by atoms with Crippen LogP contribution in [0.4, 0.5) is 4.39 Å². The van der Waals surface area contributed by atoms with Crippen molar-refractivity contribution in [3.63, 3.8) is 0 Å². The van der Waals surface area contributed by atoms with Gasteiger partial charge in [-0.3, -0.25) is 0 Å². The third-order valence-electron chi connectivity index (χ3n) is 2.18. The summed E-state index contributed by atoms with van der Waals surface area (Å²) < 4.78 is 18.8. The van der Waals surface area contributed by atoms with Crippen molar-refractivity contribution in [2.45, 2.75) is 6.92 Å². The topological polar surface area (TPSA) is 45.9 Å². The van der Waals surface area contributed by atoms with Gasteiger partial charge in [-0.1, -0.05) is 6.07 Å². The van der Waals surface area contributed by atoms with Crippen molar-refractivity contribution >= 4 is 0 Å². The summed E-state index contributed by atoms with van der Waals surface area (Å²) in [5.74, 6) is -0.301. The molecule has 0 amide bonds. The van der Waals surface area contributed by atoms with Crippen molar-refractivity contribution < 1.29 is 9.13 Å². The molecule has 3 nitrogen and oxygen atoms in total. The van der Waals surface area contributed by atoms with E-state index in [9.17, 15) is 4.39 Å². The lowest BCUT2D eigenvalue weighted by Crippen LogP contribution is -1.94. The number of halogens is 1. The van der Waals surface area contributed by atoms with Gasteiger partial charge in [-0.05, 0) is 36.8 Å². The number of hydrogen-bond donors (Lipinski definition) is 0. The Morgan fingerprint density at radius 2 is 2.18 bits per heavy atom. The Labute approximate surface area is 98.1 Å². The number of nitriles is 1. The lowest BCUT2D eigenvalue weighted by atomic mass is 10.2. The van der Waals surface area contributed by atoms with E-state index in [4.69, 9.17) is 10.00 Å². The number of benzene rings is 1. The molecule has 2 aromatic rings. The van der Waals surface area contributed by atoms with Crippen LogP contribution in [0.25, 0.3) is 0 Å². The highest BCUT2D eigenvalue weighted by atomic mass is 19.1. The van der Waals surface area contributed by atoms with Crippen LogP contribution in [0.2, 0.25) is 0 Å². The predicted octanol–water partition coefficient (Wildman–Crippen LogP) is 3.19. The van der Waals surface area contributed by atoms with Gasteiger partial charge < -0.3 is 4.74 Å². The van der Waals surface area contributed by atoms with Gasteiger partial charge in [0.2, 0.25) is 5.88 Å². The maximum Gasteiger partial charge on any atom is 0.237 e. The maximum atomic E-state index is 13.5. The molecule has 0 atom stereocenters. The molecular weight excluding hydrogens is 219 g/mol. The molecule has 0 aliphatic carbocycles. The van der Waals surface area contributed by atoms with E-state index >= 15 is 0 Å². The first-order valence-corrected chi connectivity index (χ1v) is 5.00. The highest BCUT2D eigenvalue weighted by Gasteiger charge is 2.09. The number of pyridine rings is 1. The van der Waals surface area contributed by atoms with Crippen molar-refractivity contribution in [2.24, 2.45) is 0 Å². The molecule has 0 bridgehead atoms. The Kier molecular flexibility index (Phi) is 3.01. The molecule has 0 radical (unpaired) electrons. The Morgan fingerprint density at radius 3 is 2.94 bits per heavy atom. The molecule has 0 aliphatic rings. The Balaban J connectivity index is 2.38. The van der Waals surface area contributed by atoms with Crippen LogP contribution < -0.4 is 4.74 Å². The molecule has 0 N–H and O–H groups in total. The minimum Gasteiger partial charge on any atom is -0.435 e. The molecule has 1 heterocycles. The zero-order valence-corrected chi connectivity index (χ0v) is 9.14. The maximum absolute atomic E-state index is 13.5. The SMILES string of the molecule is Cc1ccc(F)c(Oc2ncccc2C#N)c1. The zero-order valence-electron chi connectivity index (χ0n) is 9.14. The highest BCUT2D eigenvalue weighted by molar-refractivity contribution is 5.41. The number of hydrogen-bond acceptors (Lipinski definition) is 3. The fraction of sp³-hybridized carbons (Fsp3) is 0.0769. The highest BCUT2D eigenvalue weighted by Crippen LogP contribution is 2.25. The van der Waals surface area contributed by atoms with Crippen molar-refractivity contribution in [3.05, 3.63) is 53.5 Å². The van der Waals surface area contributed by atoms with Crippen LogP contribution in [-0.4, -0.2) is 4.98 Å². The van der Waals surface area contributed by atoms with Crippen LogP contribution in [-0.2, 0) is 0 Å². The average molecular weight is 228 g/mol. The summed E-state index contributed by atoms with van der Waals surface area (Å²) in [6.45, 7) is 1.83. The Bertz CT molecular complexity index is 590. The largest absolute Gasteiger partial charge is 0.435 e. The van der Waals surface area contributed by atoms with E-state index in [2.05, 4.69) is 4.98 Å². The first-order valence-electron chi connectivity index (χ1n) is 5.00. The Morgan fingerprint density at radius 1 is 1.35 bits per heavy atom. The normalized spacial score (nSPS) is 9.71. The van der Waals surface area contributed by atoms with E-state index in [0.29, 0.717) is 0 Å². The molecule has 0 aliphatic heterocycles. The van der Waals surface area contributed by atoms with Crippen LogP contribution in [0, 0.1) is 24.1 Å². The Hall–Kier alpha value is -2.41. The first-order chi connectivity index (χ1) is 8.20. The molecule has 1 aromatic carbocycles. The quantitative estimate of drug-likeness (QED) is 0.792. The molecule has 0 saturated carbocycles. The molecule has 0 spiro atoms. The monoisotopic (exact) mass is 228 g/mol. The van der Waals surface area contributed by atoms with Crippen LogP contribution in [0.1, 0.15) is 11.1 Å². The molecule has 0 saturated heterocycles. The van der Waals surface area contributed by atoms with Gasteiger partial charge in [0.05, 0.1) is 0 Å². The van der Waals surface area contributed by atoms with E-state index in [0.717, 1.165) is 5.56 Å². The summed E-state index contributed by atoms with van der Waals surface area (Å²) in [7, 11) is 0. The third kappa shape index (κ3) is 2.40. The molecule has 84 valence electrons. The standard InChI is InChI=1S/C13H9FN2O/c1-9-4-5-11(14)12(7-9)17-13-10(8-15)3-2-6-16-13/h2-7H,1H3. The van der Waals surface area contributed by atoms with Gasteiger partial charge in [0.15, 0.2) is 11.6 Å². The van der Waals surface area contributed by atoms with Crippen LogP contribution in [0.15, 0.2) is 36.5 Å². The summed E-state index contributed by atoms with van der Waals surface area (Å²) in [4.78, 5) is 3.90. The summed E-state index contributed by atoms with van der Waals surface area (Å²) in [5, 5.41) is 8.86. The molecule has 0 fully saturated rings. The summed E-state index contributed by atoms with van der Waals surface area (Å²) >= 11 is 0. The van der Waals surface area contributed by atoms with E-state index < -0.39 is 5.82 Å². The van der Waals surface area contributed by atoms with Gasteiger partial charge in [-0.25, -0.2) is 9.37 Å². The fourth-order valence-electron chi connectivity index (χ4n) is 1.35. The summed E-state index contributed by atoms with van der Waals surface area (Å²) in [6, 6.07) is 9.65. The van der Waals surface area contributed by atoms with Crippen LogP contribution in [0.5, 0.6) is 11.6 Å². The second-order valence-electron chi connectivity index (χ2n) is 3.50. The van der Waals surface area contributed by atoms with Gasteiger partial charge in [-0.2, -0.15) is 5.26 Å². The smallest absolute Gasteiger partial charge is 0.237 e. The predicted molar refractivity (Wildman–Crippen MR) is 60.2 cm³/mol. The second kappa shape index (κ2) is 4.62. The molecule has 1 aromatic heterocycles. The second-order valence-corrected chi connectivity index (χ2v) is 3.50. The van der Waals surface area contributed by atoms with Crippen LogP contribution >= 0.6 is 0 Å². The van der Waals surface area contributed by atoms with Gasteiger partial charge in [-0.15, -0.1) is 0 Å². The van der Waals surface area contributed by atoms with Crippen molar-refractivity contribution in [1.82, 2.24) is 4.98 Å². The molecular formula is C13H9FN2O. The number of aryl methyl sites for hydroxylation is 1. The summed E-state index contributed by atoms with van der Waals surface area (Å²) in [6.07, 6.45) is 1.49. The van der Waals surface area contributed by atoms with E-state index in [-0.39, 0.29) is 17.2 Å². The van der Waals surface area contributed by atoms with E-state index in [1.807, 2.05) is 13.0 Å². The number of rotatable bonds is 2.